The minimum Gasteiger partial charge on any atom is -0.393 e. The molecule has 2 rings (SSSR count). The topological polar surface area (TPSA) is 32.3 Å². The summed E-state index contributed by atoms with van der Waals surface area (Å²) in [4.78, 5) is 0. The van der Waals surface area contributed by atoms with E-state index in [1.165, 1.54) is 0 Å². The van der Waals surface area contributed by atoms with Crippen LogP contribution in [0, 0.1) is 17.5 Å². The smallest absolute Gasteiger partial charge is 0.161 e. The first-order chi connectivity index (χ1) is 11.0. The van der Waals surface area contributed by atoms with E-state index in [1.807, 2.05) is 30.3 Å². The Morgan fingerprint density at radius 3 is 2.30 bits per heavy atom. The number of rotatable bonds is 7. The Hall–Kier alpha value is -1.85. The van der Waals surface area contributed by atoms with Crippen LogP contribution < -0.4 is 5.32 Å². The molecule has 124 valence electrons. The highest BCUT2D eigenvalue weighted by molar-refractivity contribution is 5.21. The second-order valence-corrected chi connectivity index (χ2v) is 5.68. The molecule has 0 heterocycles. The Kier molecular flexibility index (Phi) is 6.19. The molecule has 2 nitrogen and oxygen atoms in total. The lowest BCUT2D eigenvalue weighted by Gasteiger charge is -2.20. The number of halogens is 3. The highest BCUT2D eigenvalue weighted by Crippen LogP contribution is 2.21. The van der Waals surface area contributed by atoms with Crippen molar-refractivity contribution >= 4 is 0 Å². The molecule has 0 saturated carbocycles. The van der Waals surface area contributed by atoms with E-state index in [2.05, 4.69) is 5.32 Å². The maximum atomic E-state index is 13.6. The van der Waals surface area contributed by atoms with Gasteiger partial charge in [0.1, 0.15) is 5.82 Å². The second-order valence-electron chi connectivity index (χ2n) is 5.68. The van der Waals surface area contributed by atoms with Crippen molar-refractivity contribution in [3.63, 3.8) is 0 Å². The molecule has 23 heavy (non-hydrogen) atoms. The van der Waals surface area contributed by atoms with Gasteiger partial charge < -0.3 is 10.4 Å². The average Bonchev–Trinajstić information content (AvgIpc) is 2.51. The summed E-state index contributed by atoms with van der Waals surface area (Å²) in [5, 5.41) is 12.7. The van der Waals surface area contributed by atoms with Gasteiger partial charge in [0.15, 0.2) is 11.6 Å². The second kappa shape index (κ2) is 8.13. The number of benzene rings is 2. The van der Waals surface area contributed by atoms with Crippen molar-refractivity contribution in [1.82, 2.24) is 5.32 Å². The quantitative estimate of drug-likeness (QED) is 0.761. The van der Waals surface area contributed by atoms with Crippen LogP contribution in [0.15, 0.2) is 42.5 Å². The zero-order chi connectivity index (χ0) is 16.8. The van der Waals surface area contributed by atoms with Crippen LogP contribution >= 0.6 is 0 Å². The molecular formula is C18H20F3NO. The number of aliphatic hydroxyl groups excluding tert-OH is 1. The number of hydrogen-bond donors (Lipinski definition) is 2. The van der Waals surface area contributed by atoms with Gasteiger partial charge in [0, 0.05) is 24.7 Å². The molecule has 0 radical (unpaired) electrons. The summed E-state index contributed by atoms with van der Waals surface area (Å²) in [5.74, 6) is -2.98. The summed E-state index contributed by atoms with van der Waals surface area (Å²) in [6.07, 6.45) is 0.0825. The largest absolute Gasteiger partial charge is 0.393 e. The molecule has 2 aromatic rings. The lowest BCUT2D eigenvalue weighted by atomic mass is 9.93. The molecule has 0 fully saturated rings. The molecule has 5 heteroatoms. The molecule has 2 unspecified atom stereocenters. The standard InChI is InChI=1S/C18H20F3NO/c1-12(23)7-14(13-5-3-2-4-6-13)10-22-11-15-8-17(20)18(21)9-16(15)19/h2-6,8-9,12,14,22-23H,7,10-11H2,1H3. The molecule has 0 spiro atoms. The minimum absolute atomic E-state index is 0.0459. The Morgan fingerprint density at radius 2 is 1.65 bits per heavy atom. The normalized spacial score (nSPS) is 13.8. The Balaban J connectivity index is 2.00. The predicted molar refractivity (Wildman–Crippen MR) is 83.5 cm³/mol. The van der Waals surface area contributed by atoms with E-state index in [9.17, 15) is 18.3 Å². The van der Waals surface area contributed by atoms with Crippen LogP contribution in [0.5, 0.6) is 0 Å². The van der Waals surface area contributed by atoms with Crippen molar-refractivity contribution in [2.24, 2.45) is 0 Å². The zero-order valence-corrected chi connectivity index (χ0v) is 12.9. The maximum Gasteiger partial charge on any atom is 0.161 e. The van der Waals surface area contributed by atoms with Crippen molar-refractivity contribution in [2.75, 3.05) is 6.54 Å². The lowest BCUT2D eigenvalue weighted by Crippen LogP contribution is -2.24. The predicted octanol–water partition coefficient (Wildman–Crippen LogP) is 3.75. The van der Waals surface area contributed by atoms with Crippen molar-refractivity contribution < 1.29 is 18.3 Å². The van der Waals surface area contributed by atoms with E-state index in [1.54, 1.807) is 6.92 Å². The van der Waals surface area contributed by atoms with Crippen molar-refractivity contribution in [3.8, 4) is 0 Å². The van der Waals surface area contributed by atoms with Gasteiger partial charge in [-0.15, -0.1) is 0 Å². The molecule has 0 amide bonds. The van der Waals surface area contributed by atoms with Gasteiger partial charge in [0.2, 0.25) is 0 Å². The van der Waals surface area contributed by atoms with E-state index in [-0.39, 0.29) is 18.0 Å². The van der Waals surface area contributed by atoms with Gasteiger partial charge in [-0.25, -0.2) is 13.2 Å². The summed E-state index contributed by atoms with van der Waals surface area (Å²) in [6.45, 7) is 2.30. The van der Waals surface area contributed by atoms with Gasteiger partial charge in [0.25, 0.3) is 0 Å². The molecule has 0 aromatic heterocycles. The first kappa shape index (κ1) is 17.5. The van der Waals surface area contributed by atoms with Gasteiger partial charge in [-0.2, -0.15) is 0 Å². The molecule has 0 aliphatic carbocycles. The van der Waals surface area contributed by atoms with Gasteiger partial charge in [0.05, 0.1) is 6.10 Å². The fraction of sp³-hybridized carbons (Fsp3) is 0.333. The Morgan fingerprint density at radius 1 is 1.00 bits per heavy atom. The monoisotopic (exact) mass is 323 g/mol. The van der Waals surface area contributed by atoms with Crippen molar-refractivity contribution in [2.45, 2.75) is 31.9 Å². The Bertz CT molecular complexity index is 632. The third kappa shape index (κ3) is 5.08. The molecular weight excluding hydrogens is 303 g/mol. The van der Waals surface area contributed by atoms with Crippen LogP contribution in [-0.4, -0.2) is 17.8 Å². The third-order valence-corrected chi connectivity index (χ3v) is 3.69. The van der Waals surface area contributed by atoms with Gasteiger partial charge >= 0.3 is 0 Å². The molecule has 0 saturated heterocycles. The van der Waals surface area contributed by atoms with E-state index in [4.69, 9.17) is 0 Å². The number of nitrogens with one attached hydrogen (secondary N) is 1. The summed E-state index contributed by atoms with van der Waals surface area (Å²) < 4.78 is 39.7. The summed E-state index contributed by atoms with van der Waals surface area (Å²) in [7, 11) is 0. The van der Waals surface area contributed by atoms with Crippen LogP contribution in [0.25, 0.3) is 0 Å². The first-order valence-electron chi connectivity index (χ1n) is 7.54. The molecule has 2 N–H and O–H groups in total. The highest BCUT2D eigenvalue weighted by atomic mass is 19.2. The molecule has 0 aliphatic rings. The fourth-order valence-corrected chi connectivity index (χ4v) is 2.55. The lowest BCUT2D eigenvalue weighted by molar-refractivity contribution is 0.173. The molecule has 0 aliphatic heterocycles. The summed E-state index contributed by atoms with van der Waals surface area (Å²) >= 11 is 0. The highest BCUT2D eigenvalue weighted by Gasteiger charge is 2.15. The summed E-state index contributed by atoms with van der Waals surface area (Å²) in [5.41, 5.74) is 1.14. The zero-order valence-electron chi connectivity index (χ0n) is 12.9. The first-order valence-corrected chi connectivity index (χ1v) is 7.54. The van der Waals surface area contributed by atoms with Crippen LogP contribution in [0.1, 0.15) is 30.4 Å². The van der Waals surface area contributed by atoms with E-state index in [0.29, 0.717) is 19.0 Å². The van der Waals surface area contributed by atoms with Crippen molar-refractivity contribution in [3.05, 3.63) is 71.0 Å². The van der Waals surface area contributed by atoms with E-state index in [0.717, 1.165) is 11.6 Å². The molecule has 2 aromatic carbocycles. The van der Waals surface area contributed by atoms with E-state index >= 15 is 0 Å². The number of hydrogen-bond acceptors (Lipinski definition) is 2. The van der Waals surface area contributed by atoms with Gasteiger partial charge in [-0.3, -0.25) is 0 Å². The maximum absolute atomic E-state index is 13.6. The van der Waals surface area contributed by atoms with Crippen LogP contribution in [0.4, 0.5) is 13.2 Å². The third-order valence-electron chi connectivity index (χ3n) is 3.69. The van der Waals surface area contributed by atoms with E-state index < -0.39 is 23.6 Å². The SMILES string of the molecule is CC(O)CC(CNCc1cc(F)c(F)cc1F)c1ccccc1. The molecule has 2 atom stereocenters. The summed E-state index contributed by atoms with van der Waals surface area (Å²) in [6, 6.07) is 11.1. The van der Waals surface area contributed by atoms with Crippen LogP contribution in [0.2, 0.25) is 0 Å². The minimum atomic E-state index is -1.19. The fourth-order valence-electron chi connectivity index (χ4n) is 2.55. The van der Waals surface area contributed by atoms with Crippen molar-refractivity contribution in [1.29, 1.82) is 0 Å². The number of aliphatic hydroxyl groups is 1. The van der Waals surface area contributed by atoms with Gasteiger partial charge in [-0.05, 0) is 30.9 Å². The van der Waals surface area contributed by atoms with Gasteiger partial charge in [-0.1, -0.05) is 30.3 Å². The average molecular weight is 323 g/mol. The Labute approximate surface area is 134 Å². The molecule has 0 bridgehead atoms. The van der Waals surface area contributed by atoms with Crippen LogP contribution in [-0.2, 0) is 6.54 Å². The van der Waals surface area contributed by atoms with Crippen LogP contribution in [0.3, 0.4) is 0 Å².